The van der Waals surface area contributed by atoms with Gasteiger partial charge in [-0.3, -0.25) is 0 Å². The van der Waals surface area contributed by atoms with Gasteiger partial charge in [-0.25, -0.2) is 4.98 Å². The lowest BCUT2D eigenvalue weighted by Crippen LogP contribution is -1.83. The molecule has 1 aromatic carbocycles. The molecular weight excluding hydrogens is 204 g/mol. The van der Waals surface area contributed by atoms with E-state index in [1.165, 1.54) is 0 Å². The molecule has 0 aliphatic rings. The third-order valence-electron chi connectivity index (χ3n) is 1.95. The fourth-order valence-electron chi connectivity index (χ4n) is 1.23. The molecule has 3 heteroatoms. The van der Waals surface area contributed by atoms with Gasteiger partial charge in [-0.15, -0.1) is 0 Å². The average molecular weight is 214 g/mol. The maximum Gasteiger partial charge on any atom is 0.197 e. The van der Waals surface area contributed by atoms with Gasteiger partial charge in [0.1, 0.15) is 0 Å². The smallest absolute Gasteiger partial charge is 0.197 e. The Bertz CT molecular complexity index is 514. The van der Waals surface area contributed by atoms with E-state index in [0.29, 0.717) is 4.77 Å². The Morgan fingerprint density at radius 1 is 1.07 bits per heavy atom. The second-order valence-electron chi connectivity index (χ2n) is 3.07. The van der Waals surface area contributed by atoms with E-state index in [-0.39, 0.29) is 0 Å². The van der Waals surface area contributed by atoms with Crippen LogP contribution in [0.3, 0.4) is 0 Å². The number of nitrogens with one attached hydrogen (secondary N) is 1. The summed E-state index contributed by atoms with van der Waals surface area (Å²) in [5.74, 6) is 0. The summed E-state index contributed by atoms with van der Waals surface area (Å²) in [6.45, 7) is 0. The van der Waals surface area contributed by atoms with Crippen LogP contribution in [-0.2, 0) is 0 Å². The van der Waals surface area contributed by atoms with E-state index in [1.807, 2.05) is 48.6 Å². The Kier molecular flexibility index (Phi) is 3.05. The zero-order valence-electron chi connectivity index (χ0n) is 8.05. The van der Waals surface area contributed by atoms with Gasteiger partial charge in [0.25, 0.3) is 0 Å². The first-order chi connectivity index (χ1) is 7.34. The fourth-order valence-corrected chi connectivity index (χ4v) is 1.41. The minimum Gasteiger partial charge on any atom is -0.331 e. The lowest BCUT2D eigenvalue weighted by molar-refractivity contribution is 1.12. The highest BCUT2D eigenvalue weighted by atomic mass is 32.1. The molecule has 1 heterocycles. The molecule has 0 unspecified atom stereocenters. The highest BCUT2D eigenvalue weighted by Gasteiger charge is 1.86. The Hall–Kier alpha value is -1.74. The molecule has 0 saturated heterocycles. The minimum atomic E-state index is 0.505. The van der Waals surface area contributed by atoms with Crippen molar-refractivity contribution < 1.29 is 0 Å². The van der Waals surface area contributed by atoms with Gasteiger partial charge in [-0.1, -0.05) is 36.4 Å². The third-order valence-corrected chi connectivity index (χ3v) is 2.16. The van der Waals surface area contributed by atoms with Crippen molar-refractivity contribution in [1.82, 2.24) is 9.97 Å². The lowest BCUT2D eigenvalue weighted by atomic mass is 10.2. The molecule has 0 bridgehead atoms. The van der Waals surface area contributed by atoms with E-state index in [0.717, 1.165) is 11.3 Å². The topological polar surface area (TPSA) is 28.7 Å². The number of aromatic nitrogens is 2. The number of H-pyrrole nitrogens is 1. The summed E-state index contributed by atoms with van der Waals surface area (Å²) in [6.07, 6.45) is 5.71. The summed E-state index contributed by atoms with van der Waals surface area (Å²) in [5, 5.41) is 0. The molecule has 2 nitrogen and oxygen atoms in total. The molecule has 1 aromatic heterocycles. The molecule has 0 atom stereocenters. The number of nitrogens with zero attached hydrogens (tertiary/aromatic N) is 1. The van der Waals surface area contributed by atoms with E-state index in [4.69, 9.17) is 12.2 Å². The van der Waals surface area contributed by atoms with Crippen LogP contribution in [0.15, 0.2) is 42.6 Å². The van der Waals surface area contributed by atoms with Crippen LogP contribution < -0.4 is 0 Å². The molecule has 2 rings (SSSR count). The monoisotopic (exact) mass is 214 g/mol. The van der Waals surface area contributed by atoms with Crippen molar-refractivity contribution in [2.75, 3.05) is 0 Å². The number of benzene rings is 1. The summed E-state index contributed by atoms with van der Waals surface area (Å²) in [7, 11) is 0. The Morgan fingerprint density at radius 3 is 2.60 bits per heavy atom. The largest absolute Gasteiger partial charge is 0.331 e. The molecule has 2 aromatic rings. The second-order valence-corrected chi connectivity index (χ2v) is 3.46. The van der Waals surface area contributed by atoms with Gasteiger partial charge in [0.2, 0.25) is 0 Å². The first-order valence-electron chi connectivity index (χ1n) is 4.63. The highest BCUT2D eigenvalue weighted by molar-refractivity contribution is 7.71. The number of rotatable bonds is 2. The minimum absolute atomic E-state index is 0.505. The van der Waals surface area contributed by atoms with Crippen molar-refractivity contribution in [2.45, 2.75) is 0 Å². The number of aromatic amines is 1. The summed E-state index contributed by atoms with van der Waals surface area (Å²) in [6, 6.07) is 12.0. The molecule has 1 N–H and O–H groups in total. The zero-order chi connectivity index (χ0) is 10.5. The maximum absolute atomic E-state index is 4.93. The predicted octanol–water partition coefficient (Wildman–Crippen LogP) is 3.31. The van der Waals surface area contributed by atoms with Crippen LogP contribution in [-0.4, -0.2) is 9.97 Å². The van der Waals surface area contributed by atoms with Gasteiger partial charge >= 0.3 is 0 Å². The average Bonchev–Trinajstić information content (AvgIpc) is 2.28. The summed E-state index contributed by atoms with van der Waals surface area (Å²) >= 11 is 4.93. The van der Waals surface area contributed by atoms with Crippen LogP contribution in [0.1, 0.15) is 11.3 Å². The first-order valence-corrected chi connectivity index (χ1v) is 5.04. The molecule has 0 amide bonds. The second kappa shape index (κ2) is 4.66. The van der Waals surface area contributed by atoms with Crippen molar-refractivity contribution in [3.05, 3.63) is 58.6 Å². The standard InChI is InChI=1S/C12H10N2S/c15-12-13-9-8-11(14-12)7-6-10-4-2-1-3-5-10/h1-9H,(H,13,14,15)/b7-6-. The molecule has 0 radical (unpaired) electrons. The molecule has 0 aliphatic carbocycles. The zero-order valence-corrected chi connectivity index (χ0v) is 8.87. The van der Waals surface area contributed by atoms with Crippen molar-refractivity contribution in [3.8, 4) is 0 Å². The molecule has 0 spiro atoms. The Morgan fingerprint density at radius 2 is 1.87 bits per heavy atom. The number of hydrogen-bond donors (Lipinski definition) is 1. The molecule has 15 heavy (non-hydrogen) atoms. The van der Waals surface area contributed by atoms with E-state index in [1.54, 1.807) is 6.20 Å². The van der Waals surface area contributed by atoms with Crippen LogP contribution in [0.5, 0.6) is 0 Å². The normalized spacial score (nSPS) is 10.7. The highest BCUT2D eigenvalue weighted by Crippen LogP contribution is 2.04. The van der Waals surface area contributed by atoms with Crippen molar-refractivity contribution in [1.29, 1.82) is 0 Å². The van der Waals surface area contributed by atoms with Gasteiger partial charge in [-0.05, 0) is 29.9 Å². The SMILES string of the molecule is S=c1nccc(/C=C\c2ccccc2)[nH]1. The molecule has 0 fully saturated rings. The van der Waals surface area contributed by atoms with Crippen LogP contribution in [0, 0.1) is 4.77 Å². The van der Waals surface area contributed by atoms with Crippen LogP contribution in [0.4, 0.5) is 0 Å². The van der Waals surface area contributed by atoms with E-state index in [9.17, 15) is 0 Å². The van der Waals surface area contributed by atoms with Gasteiger partial charge in [0, 0.05) is 11.9 Å². The molecule has 0 aliphatic heterocycles. The van der Waals surface area contributed by atoms with E-state index in [2.05, 4.69) is 9.97 Å². The van der Waals surface area contributed by atoms with Crippen LogP contribution in [0.2, 0.25) is 0 Å². The van der Waals surface area contributed by atoms with Crippen LogP contribution >= 0.6 is 12.2 Å². The van der Waals surface area contributed by atoms with Crippen molar-refractivity contribution in [3.63, 3.8) is 0 Å². The van der Waals surface area contributed by atoms with Crippen LogP contribution in [0.25, 0.3) is 12.2 Å². The van der Waals surface area contributed by atoms with E-state index >= 15 is 0 Å². The molecular formula is C12H10N2S. The van der Waals surface area contributed by atoms with E-state index < -0.39 is 0 Å². The van der Waals surface area contributed by atoms with Gasteiger partial charge in [0.15, 0.2) is 4.77 Å². The molecule has 74 valence electrons. The van der Waals surface area contributed by atoms with Gasteiger partial charge < -0.3 is 4.98 Å². The molecule has 0 saturated carbocycles. The van der Waals surface area contributed by atoms with Crippen molar-refractivity contribution >= 4 is 24.4 Å². The Labute approximate surface area is 93.3 Å². The number of hydrogen-bond acceptors (Lipinski definition) is 2. The fraction of sp³-hybridized carbons (Fsp3) is 0. The third kappa shape index (κ3) is 2.86. The lowest BCUT2D eigenvalue weighted by Gasteiger charge is -1.93. The van der Waals surface area contributed by atoms with Crippen molar-refractivity contribution in [2.24, 2.45) is 0 Å². The predicted molar refractivity (Wildman–Crippen MR) is 64.8 cm³/mol. The quantitative estimate of drug-likeness (QED) is 0.777. The van der Waals surface area contributed by atoms with Gasteiger partial charge in [-0.2, -0.15) is 0 Å². The maximum atomic E-state index is 4.93. The summed E-state index contributed by atoms with van der Waals surface area (Å²) in [4.78, 5) is 6.91. The summed E-state index contributed by atoms with van der Waals surface area (Å²) in [5.41, 5.74) is 2.12. The van der Waals surface area contributed by atoms with Gasteiger partial charge in [0.05, 0.1) is 0 Å². The Balaban J connectivity index is 2.23. The summed E-state index contributed by atoms with van der Waals surface area (Å²) < 4.78 is 0.505. The first kappa shape index (κ1) is 9.80.